The van der Waals surface area contributed by atoms with Gasteiger partial charge in [0.05, 0.1) is 10.2 Å². The van der Waals surface area contributed by atoms with Crippen LogP contribution in [0, 0.1) is 6.92 Å². The summed E-state index contributed by atoms with van der Waals surface area (Å²) in [6.45, 7) is 6.05. The lowest BCUT2D eigenvalue weighted by molar-refractivity contribution is -0.118. The smallest absolute Gasteiger partial charge is 0.264 e. The number of halogens is 1. The normalized spacial score (nSPS) is 11.1. The van der Waals surface area contributed by atoms with Crippen LogP contribution in [0.2, 0.25) is 5.02 Å². The van der Waals surface area contributed by atoms with Crippen molar-refractivity contribution in [3.05, 3.63) is 52.5 Å². The number of anilines is 1. The zero-order chi connectivity index (χ0) is 18.0. The van der Waals surface area contributed by atoms with E-state index in [1.54, 1.807) is 0 Å². The molecule has 0 bridgehead atoms. The molecule has 0 spiro atoms. The Kier molecular flexibility index (Phi) is 5.25. The van der Waals surface area contributed by atoms with E-state index in [9.17, 15) is 4.79 Å². The maximum absolute atomic E-state index is 12.2. The van der Waals surface area contributed by atoms with Crippen LogP contribution in [0.3, 0.4) is 0 Å². The number of amides is 1. The highest BCUT2D eigenvalue weighted by atomic mass is 35.5. The first-order chi connectivity index (χ1) is 12.0. The number of hydrogen-bond donors (Lipinski definition) is 1. The van der Waals surface area contributed by atoms with Crippen LogP contribution in [-0.2, 0) is 4.79 Å². The van der Waals surface area contributed by atoms with Gasteiger partial charge < -0.3 is 4.74 Å². The number of thiazole rings is 1. The molecule has 130 valence electrons. The Hall–Kier alpha value is -2.11. The molecular formula is C19H19ClN2O2S. The molecule has 4 nitrogen and oxygen atoms in total. The lowest BCUT2D eigenvalue weighted by atomic mass is 10.0. The zero-order valence-electron chi connectivity index (χ0n) is 14.3. The molecule has 2 aromatic carbocycles. The number of nitrogens with one attached hydrogen (secondary N) is 1. The third kappa shape index (κ3) is 3.94. The molecule has 0 unspecified atom stereocenters. The number of benzene rings is 2. The predicted octanol–water partition coefficient (Wildman–Crippen LogP) is 5.40. The van der Waals surface area contributed by atoms with E-state index in [0.717, 1.165) is 27.1 Å². The fourth-order valence-corrected chi connectivity index (χ4v) is 3.64. The van der Waals surface area contributed by atoms with Gasteiger partial charge in [0.15, 0.2) is 11.7 Å². The van der Waals surface area contributed by atoms with E-state index in [2.05, 4.69) is 24.1 Å². The van der Waals surface area contributed by atoms with Gasteiger partial charge in [-0.25, -0.2) is 4.98 Å². The summed E-state index contributed by atoms with van der Waals surface area (Å²) in [6, 6.07) is 11.5. The average Bonchev–Trinajstić information content (AvgIpc) is 3.00. The molecule has 0 aliphatic rings. The molecule has 25 heavy (non-hydrogen) atoms. The Morgan fingerprint density at radius 3 is 2.80 bits per heavy atom. The van der Waals surface area contributed by atoms with Crippen LogP contribution in [0.1, 0.15) is 30.9 Å². The first-order valence-electron chi connectivity index (χ1n) is 8.03. The zero-order valence-corrected chi connectivity index (χ0v) is 15.9. The van der Waals surface area contributed by atoms with Crippen molar-refractivity contribution < 1.29 is 9.53 Å². The third-order valence-electron chi connectivity index (χ3n) is 3.89. The molecule has 1 amide bonds. The number of nitrogens with zero attached hydrogens (tertiary/aromatic N) is 1. The van der Waals surface area contributed by atoms with Gasteiger partial charge >= 0.3 is 0 Å². The van der Waals surface area contributed by atoms with E-state index in [1.807, 2.05) is 43.3 Å². The summed E-state index contributed by atoms with van der Waals surface area (Å²) < 4.78 is 6.68. The minimum absolute atomic E-state index is 0.0562. The van der Waals surface area contributed by atoms with E-state index in [-0.39, 0.29) is 12.5 Å². The summed E-state index contributed by atoms with van der Waals surface area (Å²) in [5, 5.41) is 4.02. The van der Waals surface area contributed by atoms with Crippen LogP contribution < -0.4 is 10.1 Å². The highest BCUT2D eigenvalue weighted by Crippen LogP contribution is 2.31. The lowest BCUT2D eigenvalue weighted by Crippen LogP contribution is -2.20. The maximum atomic E-state index is 12.2. The summed E-state index contributed by atoms with van der Waals surface area (Å²) in [6.07, 6.45) is 0. The van der Waals surface area contributed by atoms with Crippen molar-refractivity contribution in [1.82, 2.24) is 4.98 Å². The Balaban J connectivity index is 1.68. The maximum Gasteiger partial charge on any atom is 0.264 e. The number of carbonyl (C=O) groups excluding carboxylic acids is 1. The van der Waals surface area contributed by atoms with Gasteiger partial charge in [-0.05, 0) is 42.2 Å². The van der Waals surface area contributed by atoms with Gasteiger partial charge in [-0.3, -0.25) is 10.1 Å². The number of ether oxygens (including phenoxy) is 1. The van der Waals surface area contributed by atoms with Gasteiger partial charge in [0, 0.05) is 5.02 Å². The minimum Gasteiger partial charge on any atom is -0.483 e. The Labute approximate surface area is 155 Å². The van der Waals surface area contributed by atoms with E-state index in [4.69, 9.17) is 16.3 Å². The summed E-state index contributed by atoms with van der Waals surface area (Å²) >= 11 is 7.54. The van der Waals surface area contributed by atoms with Gasteiger partial charge in [-0.1, -0.05) is 55.0 Å². The highest BCUT2D eigenvalue weighted by molar-refractivity contribution is 7.22. The van der Waals surface area contributed by atoms with Crippen molar-refractivity contribution in [2.24, 2.45) is 0 Å². The molecule has 0 aliphatic carbocycles. The van der Waals surface area contributed by atoms with Crippen LogP contribution in [0.25, 0.3) is 10.2 Å². The molecule has 0 saturated heterocycles. The van der Waals surface area contributed by atoms with Gasteiger partial charge in [0.2, 0.25) is 0 Å². The molecule has 3 rings (SSSR count). The number of aromatic nitrogens is 1. The number of hydrogen-bond acceptors (Lipinski definition) is 4. The van der Waals surface area contributed by atoms with Crippen molar-refractivity contribution in [3.63, 3.8) is 0 Å². The van der Waals surface area contributed by atoms with Crippen molar-refractivity contribution in [1.29, 1.82) is 0 Å². The molecule has 0 aliphatic heterocycles. The van der Waals surface area contributed by atoms with Crippen LogP contribution in [0.4, 0.5) is 5.13 Å². The van der Waals surface area contributed by atoms with Gasteiger partial charge in [-0.2, -0.15) is 0 Å². The average molecular weight is 375 g/mol. The van der Waals surface area contributed by atoms with Gasteiger partial charge in [0.1, 0.15) is 5.75 Å². The summed E-state index contributed by atoms with van der Waals surface area (Å²) in [7, 11) is 0. The number of para-hydroxylation sites is 1. The predicted molar refractivity (Wildman–Crippen MR) is 104 cm³/mol. The standard InChI is InChI=1S/C19H19ClN2O2S/c1-11(2)13-6-4-5-7-15(13)24-10-17(23)21-19-22-18-12(3)14(20)8-9-16(18)25-19/h4-9,11H,10H2,1-3H3,(H,21,22,23). The van der Waals surface area contributed by atoms with Crippen LogP contribution in [-0.4, -0.2) is 17.5 Å². The molecule has 1 heterocycles. The fraction of sp³-hybridized carbons (Fsp3) is 0.263. The molecular weight excluding hydrogens is 356 g/mol. The second-order valence-electron chi connectivity index (χ2n) is 6.07. The fourth-order valence-electron chi connectivity index (χ4n) is 2.54. The van der Waals surface area contributed by atoms with Crippen LogP contribution in [0.15, 0.2) is 36.4 Å². The molecule has 3 aromatic rings. The minimum atomic E-state index is -0.235. The Morgan fingerprint density at radius 2 is 2.04 bits per heavy atom. The van der Waals surface area contributed by atoms with Gasteiger partial charge in [-0.15, -0.1) is 0 Å². The molecule has 0 radical (unpaired) electrons. The van der Waals surface area contributed by atoms with Crippen molar-refractivity contribution >= 4 is 44.2 Å². The first-order valence-corrected chi connectivity index (χ1v) is 9.22. The van der Waals surface area contributed by atoms with Crippen LogP contribution in [0.5, 0.6) is 5.75 Å². The molecule has 0 fully saturated rings. The summed E-state index contributed by atoms with van der Waals surface area (Å²) in [4.78, 5) is 16.7. The largest absolute Gasteiger partial charge is 0.483 e. The number of carbonyl (C=O) groups is 1. The monoisotopic (exact) mass is 374 g/mol. The second-order valence-corrected chi connectivity index (χ2v) is 7.51. The molecule has 6 heteroatoms. The molecule has 0 saturated carbocycles. The second kappa shape index (κ2) is 7.42. The first kappa shape index (κ1) is 17.7. The van der Waals surface area contributed by atoms with Crippen LogP contribution >= 0.6 is 22.9 Å². The molecule has 1 N–H and O–H groups in total. The van der Waals surface area contributed by atoms with E-state index in [1.165, 1.54) is 11.3 Å². The van der Waals surface area contributed by atoms with Crippen molar-refractivity contribution in [2.45, 2.75) is 26.7 Å². The van der Waals surface area contributed by atoms with Gasteiger partial charge in [0.25, 0.3) is 5.91 Å². The van der Waals surface area contributed by atoms with Crippen molar-refractivity contribution in [2.75, 3.05) is 11.9 Å². The number of rotatable bonds is 5. The molecule has 1 aromatic heterocycles. The summed E-state index contributed by atoms with van der Waals surface area (Å²) in [5.74, 6) is 0.831. The van der Waals surface area contributed by atoms with E-state index in [0.29, 0.717) is 16.1 Å². The Morgan fingerprint density at radius 1 is 1.28 bits per heavy atom. The quantitative estimate of drug-likeness (QED) is 0.650. The van der Waals surface area contributed by atoms with E-state index < -0.39 is 0 Å². The SMILES string of the molecule is Cc1c(Cl)ccc2sc(NC(=O)COc3ccccc3C(C)C)nc12. The van der Waals surface area contributed by atoms with Crippen molar-refractivity contribution in [3.8, 4) is 5.75 Å². The van der Waals surface area contributed by atoms with E-state index >= 15 is 0 Å². The number of fused-ring (bicyclic) bond motifs is 1. The third-order valence-corrected chi connectivity index (χ3v) is 5.24. The Bertz CT molecular complexity index is 921. The molecule has 0 atom stereocenters. The topological polar surface area (TPSA) is 51.2 Å². The summed E-state index contributed by atoms with van der Waals surface area (Å²) in [5.41, 5.74) is 2.82. The number of aryl methyl sites for hydroxylation is 1. The highest BCUT2D eigenvalue weighted by Gasteiger charge is 2.13. The lowest BCUT2D eigenvalue weighted by Gasteiger charge is -2.13.